The molecular formula is C8H18N2OS. The van der Waals surface area contributed by atoms with Crippen molar-refractivity contribution in [2.24, 2.45) is 11.5 Å². The lowest BCUT2D eigenvalue weighted by molar-refractivity contribution is -0.122. The van der Waals surface area contributed by atoms with Crippen molar-refractivity contribution in [3.63, 3.8) is 0 Å². The van der Waals surface area contributed by atoms with Crippen LogP contribution in [0.3, 0.4) is 0 Å². The summed E-state index contributed by atoms with van der Waals surface area (Å²) >= 11 is 1.70. The fourth-order valence-electron chi connectivity index (χ4n) is 1.01. The molecule has 1 saturated heterocycles. The molecular weight excluding hydrogens is 172 g/mol. The second-order valence-electron chi connectivity index (χ2n) is 2.68. The first-order chi connectivity index (χ1) is 5.65. The Bertz CT molecular complexity index is 144. The van der Waals surface area contributed by atoms with Crippen molar-refractivity contribution in [3.05, 3.63) is 0 Å². The molecule has 0 aromatic rings. The SMILES string of the molecule is CC.NC(=O)C1(N)CCCSC1. The number of carbonyl (C=O) groups is 1. The Morgan fingerprint density at radius 1 is 1.50 bits per heavy atom. The van der Waals surface area contributed by atoms with E-state index in [2.05, 4.69) is 0 Å². The number of amides is 1. The van der Waals surface area contributed by atoms with Gasteiger partial charge in [-0.3, -0.25) is 4.79 Å². The van der Waals surface area contributed by atoms with Crippen molar-refractivity contribution in [1.82, 2.24) is 0 Å². The molecule has 72 valence electrons. The molecule has 1 rings (SSSR count). The standard InChI is InChI=1S/C6H12N2OS.C2H6/c7-5(9)6(8)2-1-3-10-4-6;1-2/h1-4,8H2,(H2,7,9);1-2H3. The van der Waals surface area contributed by atoms with Crippen LogP contribution in [0.4, 0.5) is 0 Å². The van der Waals surface area contributed by atoms with Crippen LogP contribution in [0.25, 0.3) is 0 Å². The molecule has 1 heterocycles. The zero-order valence-electron chi connectivity index (χ0n) is 7.80. The molecule has 1 unspecified atom stereocenters. The van der Waals surface area contributed by atoms with Crippen LogP contribution in [0, 0.1) is 0 Å². The van der Waals surface area contributed by atoms with Gasteiger partial charge in [-0.2, -0.15) is 11.8 Å². The van der Waals surface area contributed by atoms with Crippen LogP contribution in [0.15, 0.2) is 0 Å². The number of nitrogens with two attached hydrogens (primary N) is 2. The molecule has 0 saturated carbocycles. The summed E-state index contributed by atoms with van der Waals surface area (Å²) in [6, 6.07) is 0. The second kappa shape index (κ2) is 5.43. The van der Waals surface area contributed by atoms with Crippen LogP contribution >= 0.6 is 11.8 Å². The lowest BCUT2D eigenvalue weighted by Gasteiger charge is -2.29. The summed E-state index contributed by atoms with van der Waals surface area (Å²) in [7, 11) is 0. The predicted octanol–water partition coefficient (Wildman–Crippen LogP) is 0.722. The molecule has 12 heavy (non-hydrogen) atoms. The van der Waals surface area contributed by atoms with Crippen molar-refractivity contribution in [2.45, 2.75) is 32.2 Å². The van der Waals surface area contributed by atoms with Gasteiger partial charge in [0.25, 0.3) is 0 Å². The van der Waals surface area contributed by atoms with Gasteiger partial charge in [0.15, 0.2) is 0 Å². The summed E-state index contributed by atoms with van der Waals surface area (Å²) in [5, 5.41) is 0. The van der Waals surface area contributed by atoms with Crippen LogP contribution in [-0.2, 0) is 4.79 Å². The number of hydrogen-bond acceptors (Lipinski definition) is 3. The molecule has 3 nitrogen and oxygen atoms in total. The summed E-state index contributed by atoms with van der Waals surface area (Å²) < 4.78 is 0. The van der Waals surface area contributed by atoms with Crippen molar-refractivity contribution in [3.8, 4) is 0 Å². The smallest absolute Gasteiger partial charge is 0.238 e. The number of carbonyl (C=O) groups excluding carboxylic acids is 1. The maximum Gasteiger partial charge on any atom is 0.238 e. The number of thioether (sulfide) groups is 1. The van der Waals surface area contributed by atoms with Crippen molar-refractivity contribution in [1.29, 1.82) is 0 Å². The number of primary amides is 1. The summed E-state index contributed by atoms with van der Waals surface area (Å²) in [6.45, 7) is 4.00. The minimum atomic E-state index is -0.719. The molecule has 4 heteroatoms. The molecule has 0 bridgehead atoms. The first kappa shape index (κ1) is 11.8. The van der Waals surface area contributed by atoms with E-state index in [0.29, 0.717) is 5.75 Å². The van der Waals surface area contributed by atoms with Gasteiger partial charge in [-0.15, -0.1) is 0 Å². The van der Waals surface area contributed by atoms with E-state index in [4.69, 9.17) is 11.5 Å². The summed E-state index contributed by atoms with van der Waals surface area (Å²) in [4.78, 5) is 10.8. The summed E-state index contributed by atoms with van der Waals surface area (Å²) in [6.07, 6.45) is 1.75. The normalized spacial score (nSPS) is 28.6. The second-order valence-corrected chi connectivity index (χ2v) is 3.78. The van der Waals surface area contributed by atoms with Gasteiger partial charge in [-0.1, -0.05) is 13.8 Å². The van der Waals surface area contributed by atoms with Gasteiger partial charge in [0.05, 0.1) is 0 Å². The highest BCUT2D eigenvalue weighted by atomic mass is 32.2. The minimum Gasteiger partial charge on any atom is -0.368 e. The van der Waals surface area contributed by atoms with E-state index in [1.807, 2.05) is 13.8 Å². The zero-order chi connectivity index (χ0) is 9.61. The molecule has 0 aromatic heterocycles. The van der Waals surface area contributed by atoms with E-state index in [9.17, 15) is 4.79 Å². The van der Waals surface area contributed by atoms with Gasteiger partial charge in [0.1, 0.15) is 5.54 Å². The molecule has 1 aliphatic heterocycles. The van der Waals surface area contributed by atoms with E-state index in [1.54, 1.807) is 11.8 Å². The molecule has 0 radical (unpaired) electrons. The quantitative estimate of drug-likeness (QED) is 0.640. The lowest BCUT2D eigenvalue weighted by atomic mass is 9.96. The van der Waals surface area contributed by atoms with E-state index >= 15 is 0 Å². The Labute approximate surface area is 78.3 Å². The lowest BCUT2D eigenvalue weighted by Crippen LogP contribution is -2.55. The van der Waals surface area contributed by atoms with E-state index in [-0.39, 0.29) is 5.91 Å². The monoisotopic (exact) mass is 190 g/mol. The topological polar surface area (TPSA) is 69.1 Å². The first-order valence-corrected chi connectivity index (χ1v) is 5.47. The third-order valence-electron chi connectivity index (χ3n) is 1.76. The van der Waals surface area contributed by atoms with Crippen LogP contribution in [-0.4, -0.2) is 23.0 Å². The summed E-state index contributed by atoms with van der Waals surface area (Å²) in [5.41, 5.74) is 10.1. The van der Waals surface area contributed by atoms with E-state index < -0.39 is 5.54 Å². The van der Waals surface area contributed by atoms with E-state index in [1.165, 1.54) is 0 Å². The first-order valence-electron chi connectivity index (χ1n) is 4.32. The van der Waals surface area contributed by atoms with Gasteiger partial charge in [0, 0.05) is 5.75 Å². The fourth-order valence-corrected chi connectivity index (χ4v) is 2.15. The third kappa shape index (κ3) is 3.03. The molecule has 1 fully saturated rings. The van der Waals surface area contributed by atoms with Gasteiger partial charge < -0.3 is 11.5 Å². The fraction of sp³-hybridized carbons (Fsp3) is 0.875. The predicted molar refractivity (Wildman–Crippen MR) is 54.0 cm³/mol. The Morgan fingerprint density at radius 3 is 2.33 bits per heavy atom. The molecule has 1 atom stereocenters. The zero-order valence-corrected chi connectivity index (χ0v) is 8.62. The highest BCUT2D eigenvalue weighted by Crippen LogP contribution is 2.23. The molecule has 0 aliphatic carbocycles. The molecule has 0 spiro atoms. The third-order valence-corrected chi connectivity index (χ3v) is 3.06. The van der Waals surface area contributed by atoms with Crippen LogP contribution < -0.4 is 11.5 Å². The molecule has 0 aromatic carbocycles. The van der Waals surface area contributed by atoms with Gasteiger partial charge >= 0.3 is 0 Å². The Balaban J connectivity index is 0.000000561. The van der Waals surface area contributed by atoms with Crippen LogP contribution in [0.1, 0.15) is 26.7 Å². The maximum absolute atomic E-state index is 10.8. The van der Waals surface area contributed by atoms with Crippen molar-refractivity contribution >= 4 is 17.7 Å². The average molecular weight is 190 g/mol. The minimum absolute atomic E-state index is 0.361. The van der Waals surface area contributed by atoms with Crippen molar-refractivity contribution in [2.75, 3.05) is 11.5 Å². The van der Waals surface area contributed by atoms with Crippen LogP contribution in [0.2, 0.25) is 0 Å². The molecule has 1 amide bonds. The highest BCUT2D eigenvalue weighted by molar-refractivity contribution is 7.99. The van der Waals surface area contributed by atoms with Gasteiger partial charge in [-0.05, 0) is 18.6 Å². The number of rotatable bonds is 1. The molecule has 1 aliphatic rings. The number of hydrogen-bond donors (Lipinski definition) is 2. The largest absolute Gasteiger partial charge is 0.368 e. The van der Waals surface area contributed by atoms with Gasteiger partial charge in [0.2, 0.25) is 5.91 Å². The highest BCUT2D eigenvalue weighted by Gasteiger charge is 2.33. The summed E-state index contributed by atoms with van der Waals surface area (Å²) in [5.74, 6) is 1.42. The van der Waals surface area contributed by atoms with E-state index in [0.717, 1.165) is 18.6 Å². The molecule has 4 N–H and O–H groups in total. The Morgan fingerprint density at radius 2 is 2.08 bits per heavy atom. The maximum atomic E-state index is 10.8. The Hall–Kier alpha value is -0.220. The van der Waals surface area contributed by atoms with Gasteiger partial charge in [-0.25, -0.2) is 0 Å². The van der Waals surface area contributed by atoms with Crippen LogP contribution in [0.5, 0.6) is 0 Å². The average Bonchev–Trinajstić information content (AvgIpc) is 2.09. The van der Waals surface area contributed by atoms with Crippen molar-refractivity contribution < 1.29 is 4.79 Å². The Kier molecular flexibility index (Phi) is 5.33.